The standard InChI is InChI=1S/C24H23ClN2O2S/c1-15-5-4-6-18(13-15)24(29)26-20-9-11-21(12-10-20)30-17(3)23(28)27-22-14-19(25)8-7-16(22)2/h4-14,17H,1-3H3,(H,26,29)(H,27,28). The van der Waals surface area contributed by atoms with Crippen LogP contribution in [0.5, 0.6) is 0 Å². The van der Waals surface area contributed by atoms with Crippen LogP contribution in [0.2, 0.25) is 5.02 Å². The second-order valence-electron chi connectivity index (χ2n) is 7.06. The van der Waals surface area contributed by atoms with Crippen LogP contribution in [0.3, 0.4) is 0 Å². The number of carbonyl (C=O) groups is 2. The number of rotatable bonds is 6. The lowest BCUT2D eigenvalue weighted by Crippen LogP contribution is -2.22. The van der Waals surface area contributed by atoms with Gasteiger partial charge in [0, 0.05) is 26.9 Å². The van der Waals surface area contributed by atoms with Gasteiger partial charge in [0.1, 0.15) is 0 Å². The Morgan fingerprint density at radius 2 is 1.67 bits per heavy atom. The van der Waals surface area contributed by atoms with Crippen molar-refractivity contribution in [2.24, 2.45) is 0 Å². The molecule has 3 rings (SSSR count). The zero-order chi connectivity index (χ0) is 21.7. The first-order chi connectivity index (χ1) is 14.3. The fourth-order valence-corrected chi connectivity index (χ4v) is 3.87. The van der Waals surface area contributed by atoms with Crippen molar-refractivity contribution in [3.05, 3.63) is 88.4 Å². The SMILES string of the molecule is Cc1cccc(C(=O)Nc2ccc(SC(C)C(=O)Nc3cc(Cl)ccc3C)cc2)c1. The van der Waals surface area contributed by atoms with E-state index in [4.69, 9.17) is 11.6 Å². The number of benzene rings is 3. The summed E-state index contributed by atoms with van der Waals surface area (Å²) < 4.78 is 0. The molecule has 0 aliphatic carbocycles. The van der Waals surface area contributed by atoms with Gasteiger partial charge < -0.3 is 10.6 Å². The van der Waals surface area contributed by atoms with Gasteiger partial charge in [-0.05, 0) is 74.9 Å². The molecule has 0 bridgehead atoms. The molecule has 0 heterocycles. The summed E-state index contributed by atoms with van der Waals surface area (Å²) in [5.41, 5.74) is 4.04. The van der Waals surface area contributed by atoms with E-state index in [1.807, 2.05) is 69.3 Å². The van der Waals surface area contributed by atoms with Crippen molar-refractivity contribution in [3.63, 3.8) is 0 Å². The topological polar surface area (TPSA) is 58.2 Å². The molecule has 0 spiro atoms. The average Bonchev–Trinajstić information content (AvgIpc) is 2.72. The van der Waals surface area contributed by atoms with Crippen LogP contribution in [0.25, 0.3) is 0 Å². The highest BCUT2D eigenvalue weighted by molar-refractivity contribution is 8.00. The summed E-state index contributed by atoms with van der Waals surface area (Å²) in [6.07, 6.45) is 0. The second kappa shape index (κ2) is 9.83. The van der Waals surface area contributed by atoms with Gasteiger partial charge in [0.15, 0.2) is 0 Å². The monoisotopic (exact) mass is 438 g/mol. The molecule has 2 amide bonds. The van der Waals surface area contributed by atoms with Crippen LogP contribution < -0.4 is 10.6 Å². The predicted octanol–water partition coefficient (Wildman–Crippen LogP) is 6.33. The van der Waals surface area contributed by atoms with Gasteiger partial charge in [-0.25, -0.2) is 0 Å². The summed E-state index contributed by atoms with van der Waals surface area (Å²) in [4.78, 5) is 25.8. The summed E-state index contributed by atoms with van der Waals surface area (Å²) in [5.74, 6) is -0.245. The number of thioether (sulfide) groups is 1. The van der Waals surface area contributed by atoms with Gasteiger partial charge in [-0.1, -0.05) is 35.4 Å². The highest BCUT2D eigenvalue weighted by Crippen LogP contribution is 2.27. The number of nitrogens with one attached hydrogen (secondary N) is 2. The minimum absolute atomic E-state index is 0.0952. The Morgan fingerprint density at radius 3 is 2.37 bits per heavy atom. The van der Waals surface area contributed by atoms with Gasteiger partial charge in [0.25, 0.3) is 5.91 Å². The van der Waals surface area contributed by atoms with E-state index < -0.39 is 0 Å². The van der Waals surface area contributed by atoms with E-state index in [0.29, 0.717) is 22.0 Å². The number of amides is 2. The first-order valence-electron chi connectivity index (χ1n) is 9.53. The molecule has 0 radical (unpaired) electrons. The summed E-state index contributed by atoms with van der Waals surface area (Å²) in [6.45, 7) is 5.73. The van der Waals surface area contributed by atoms with E-state index in [1.54, 1.807) is 18.2 Å². The van der Waals surface area contributed by atoms with Gasteiger partial charge in [-0.3, -0.25) is 9.59 Å². The molecular formula is C24H23ClN2O2S. The van der Waals surface area contributed by atoms with E-state index >= 15 is 0 Å². The Hall–Kier alpha value is -2.76. The Balaban J connectivity index is 1.58. The lowest BCUT2D eigenvalue weighted by Gasteiger charge is -2.14. The maximum Gasteiger partial charge on any atom is 0.255 e. The van der Waals surface area contributed by atoms with Gasteiger partial charge in [-0.2, -0.15) is 0 Å². The minimum Gasteiger partial charge on any atom is -0.325 e. The molecule has 1 unspecified atom stereocenters. The minimum atomic E-state index is -0.295. The van der Waals surface area contributed by atoms with Crippen molar-refractivity contribution in [2.75, 3.05) is 10.6 Å². The summed E-state index contributed by atoms with van der Waals surface area (Å²) in [7, 11) is 0. The molecule has 0 saturated carbocycles. The molecule has 3 aromatic carbocycles. The normalized spacial score (nSPS) is 11.6. The third kappa shape index (κ3) is 5.88. The third-order valence-corrected chi connectivity index (χ3v) is 5.88. The molecule has 0 aromatic heterocycles. The maximum absolute atomic E-state index is 12.5. The molecule has 154 valence electrons. The van der Waals surface area contributed by atoms with E-state index in [1.165, 1.54) is 11.8 Å². The Bertz CT molecular complexity index is 1070. The molecule has 0 aliphatic heterocycles. The quantitative estimate of drug-likeness (QED) is 0.442. The highest BCUT2D eigenvalue weighted by atomic mass is 35.5. The summed E-state index contributed by atoms with van der Waals surface area (Å²) >= 11 is 7.47. The number of carbonyl (C=O) groups excluding carboxylic acids is 2. The predicted molar refractivity (Wildman–Crippen MR) is 126 cm³/mol. The largest absolute Gasteiger partial charge is 0.325 e. The van der Waals surface area contributed by atoms with Gasteiger partial charge in [-0.15, -0.1) is 11.8 Å². The maximum atomic E-state index is 12.5. The van der Waals surface area contributed by atoms with Crippen molar-refractivity contribution in [1.29, 1.82) is 0 Å². The highest BCUT2D eigenvalue weighted by Gasteiger charge is 2.16. The van der Waals surface area contributed by atoms with Crippen molar-refractivity contribution >= 4 is 46.6 Å². The van der Waals surface area contributed by atoms with Crippen LogP contribution in [0.1, 0.15) is 28.4 Å². The zero-order valence-corrected chi connectivity index (χ0v) is 18.6. The van der Waals surface area contributed by atoms with E-state index in [9.17, 15) is 9.59 Å². The first kappa shape index (κ1) is 21.9. The van der Waals surface area contributed by atoms with E-state index in [2.05, 4.69) is 10.6 Å². The van der Waals surface area contributed by atoms with Crippen LogP contribution in [-0.4, -0.2) is 17.1 Å². The van der Waals surface area contributed by atoms with Gasteiger partial charge >= 0.3 is 0 Å². The van der Waals surface area contributed by atoms with Crippen molar-refractivity contribution in [1.82, 2.24) is 0 Å². The number of hydrogen-bond acceptors (Lipinski definition) is 3. The summed E-state index contributed by atoms with van der Waals surface area (Å²) in [5, 5.41) is 6.11. The third-order valence-electron chi connectivity index (χ3n) is 4.53. The average molecular weight is 439 g/mol. The van der Waals surface area contributed by atoms with Crippen molar-refractivity contribution in [3.8, 4) is 0 Å². The molecule has 0 aliphatic rings. The molecule has 4 nitrogen and oxygen atoms in total. The van der Waals surface area contributed by atoms with Gasteiger partial charge in [0.2, 0.25) is 5.91 Å². The van der Waals surface area contributed by atoms with Crippen LogP contribution >= 0.6 is 23.4 Å². The fourth-order valence-electron chi connectivity index (χ4n) is 2.83. The number of hydrogen-bond donors (Lipinski definition) is 2. The van der Waals surface area contributed by atoms with Crippen molar-refractivity contribution < 1.29 is 9.59 Å². The van der Waals surface area contributed by atoms with Crippen molar-refractivity contribution in [2.45, 2.75) is 30.9 Å². The van der Waals surface area contributed by atoms with E-state index in [-0.39, 0.29) is 17.1 Å². The lowest BCUT2D eigenvalue weighted by molar-refractivity contribution is -0.115. The lowest BCUT2D eigenvalue weighted by atomic mass is 10.1. The molecule has 30 heavy (non-hydrogen) atoms. The number of aryl methyl sites for hydroxylation is 2. The van der Waals surface area contributed by atoms with Crippen LogP contribution in [0.4, 0.5) is 11.4 Å². The molecule has 0 fully saturated rings. The number of halogens is 1. The van der Waals surface area contributed by atoms with E-state index in [0.717, 1.165) is 16.0 Å². The summed E-state index contributed by atoms with van der Waals surface area (Å²) in [6, 6.07) is 20.3. The number of anilines is 2. The van der Waals surface area contributed by atoms with Crippen LogP contribution in [-0.2, 0) is 4.79 Å². The van der Waals surface area contributed by atoms with Gasteiger partial charge in [0.05, 0.1) is 5.25 Å². The molecule has 2 N–H and O–H groups in total. The Labute approximate surface area is 186 Å². The molecule has 3 aromatic rings. The second-order valence-corrected chi connectivity index (χ2v) is 8.91. The Kier molecular flexibility index (Phi) is 7.19. The molecule has 6 heteroatoms. The zero-order valence-electron chi connectivity index (χ0n) is 17.0. The van der Waals surface area contributed by atoms with Crippen LogP contribution in [0.15, 0.2) is 71.6 Å². The molecule has 1 atom stereocenters. The first-order valence-corrected chi connectivity index (χ1v) is 10.8. The smallest absolute Gasteiger partial charge is 0.255 e. The fraction of sp³-hybridized carbons (Fsp3) is 0.167. The Morgan fingerprint density at radius 1 is 0.933 bits per heavy atom. The van der Waals surface area contributed by atoms with Crippen LogP contribution in [0, 0.1) is 13.8 Å². The molecule has 0 saturated heterocycles. The molecular weight excluding hydrogens is 416 g/mol.